The standard InChI is InChI=1S/C12H22O/c1-2-3-4-5-6-9-12-10-7-8-11-13-12/h7-8,12H,2-6,9-11H2,1H3. The van der Waals surface area contributed by atoms with E-state index >= 15 is 0 Å². The van der Waals surface area contributed by atoms with E-state index in [9.17, 15) is 0 Å². The molecule has 0 aromatic rings. The van der Waals surface area contributed by atoms with Crippen LogP contribution in [-0.2, 0) is 4.74 Å². The SMILES string of the molecule is CCCCCCCC1CC=CCO1. The lowest BCUT2D eigenvalue weighted by atomic mass is 10.1. The monoisotopic (exact) mass is 182 g/mol. The van der Waals surface area contributed by atoms with Gasteiger partial charge in [-0.15, -0.1) is 0 Å². The van der Waals surface area contributed by atoms with Gasteiger partial charge in [0.25, 0.3) is 0 Å². The van der Waals surface area contributed by atoms with Gasteiger partial charge in [-0.3, -0.25) is 0 Å². The molecule has 0 spiro atoms. The summed E-state index contributed by atoms with van der Waals surface area (Å²) < 4.78 is 5.60. The molecule has 0 saturated carbocycles. The Morgan fingerprint density at radius 3 is 2.69 bits per heavy atom. The van der Waals surface area contributed by atoms with Crippen LogP contribution in [0.4, 0.5) is 0 Å². The molecule has 0 radical (unpaired) electrons. The molecular formula is C12H22O. The molecule has 0 N–H and O–H groups in total. The summed E-state index contributed by atoms with van der Waals surface area (Å²) in [6, 6.07) is 0. The van der Waals surface area contributed by atoms with E-state index in [1.165, 1.54) is 38.5 Å². The topological polar surface area (TPSA) is 9.23 Å². The van der Waals surface area contributed by atoms with Crippen LogP contribution in [0.25, 0.3) is 0 Å². The van der Waals surface area contributed by atoms with E-state index in [-0.39, 0.29) is 0 Å². The first-order valence-corrected chi connectivity index (χ1v) is 5.70. The van der Waals surface area contributed by atoms with Crippen molar-refractivity contribution in [2.75, 3.05) is 6.61 Å². The number of hydrogen-bond acceptors (Lipinski definition) is 1. The molecule has 1 heterocycles. The molecule has 0 amide bonds. The molecule has 1 aliphatic heterocycles. The van der Waals surface area contributed by atoms with Crippen molar-refractivity contribution < 1.29 is 4.74 Å². The van der Waals surface area contributed by atoms with Gasteiger partial charge in [0.1, 0.15) is 0 Å². The minimum Gasteiger partial charge on any atom is -0.374 e. The summed E-state index contributed by atoms with van der Waals surface area (Å²) in [5.41, 5.74) is 0. The maximum atomic E-state index is 5.60. The van der Waals surface area contributed by atoms with Gasteiger partial charge >= 0.3 is 0 Å². The molecule has 0 bridgehead atoms. The quantitative estimate of drug-likeness (QED) is 0.449. The maximum Gasteiger partial charge on any atom is 0.0651 e. The van der Waals surface area contributed by atoms with E-state index in [0.29, 0.717) is 6.10 Å². The number of rotatable bonds is 6. The Morgan fingerprint density at radius 1 is 1.15 bits per heavy atom. The van der Waals surface area contributed by atoms with E-state index in [4.69, 9.17) is 4.74 Å². The predicted octanol–water partition coefficient (Wildman–Crippen LogP) is 3.69. The molecule has 76 valence electrons. The zero-order valence-electron chi connectivity index (χ0n) is 8.80. The average molecular weight is 182 g/mol. The Bertz CT molecular complexity index is 140. The second-order valence-corrected chi connectivity index (χ2v) is 3.87. The summed E-state index contributed by atoms with van der Waals surface area (Å²) in [6.07, 6.45) is 14.1. The van der Waals surface area contributed by atoms with Gasteiger partial charge in [-0.2, -0.15) is 0 Å². The van der Waals surface area contributed by atoms with Crippen LogP contribution in [-0.4, -0.2) is 12.7 Å². The first-order valence-electron chi connectivity index (χ1n) is 5.70. The molecule has 0 saturated heterocycles. The van der Waals surface area contributed by atoms with Gasteiger partial charge in [0, 0.05) is 0 Å². The summed E-state index contributed by atoms with van der Waals surface area (Å²) in [5.74, 6) is 0. The van der Waals surface area contributed by atoms with Gasteiger partial charge in [-0.1, -0.05) is 51.2 Å². The molecule has 1 aliphatic rings. The van der Waals surface area contributed by atoms with E-state index in [0.717, 1.165) is 13.0 Å². The third-order valence-electron chi connectivity index (χ3n) is 2.62. The zero-order chi connectivity index (χ0) is 9.36. The number of ether oxygens (including phenoxy) is 1. The summed E-state index contributed by atoms with van der Waals surface area (Å²) in [6.45, 7) is 3.09. The molecule has 1 unspecified atom stereocenters. The van der Waals surface area contributed by atoms with Crippen molar-refractivity contribution in [1.29, 1.82) is 0 Å². The molecule has 0 fully saturated rings. The minimum atomic E-state index is 0.520. The van der Waals surface area contributed by atoms with Crippen molar-refractivity contribution in [3.63, 3.8) is 0 Å². The molecule has 1 nitrogen and oxygen atoms in total. The van der Waals surface area contributed by atoms with Crippen LogP contribution in [0.5, 0.6) is 0 Å². The van der Waals surface area contributed by atoms with Crippen LogP contribution in [0.15, 0.2) is 12.2 Å². The van der Waals surface area contributed by atoms with Gasteiger partial charge < -0.3 is 4.74 Å². The molecule has 0 aromatic heterocycles. The van der Waals surface area contributed by atoms with Crippen LogP contribution in [0.2, 0.25) is 0 Å². The number of hydrogen-bond donors (Lipinski definition) is 0. The van der Waals surface area contributed by atoms with Crippen molar-refractivity contribution in [2.24, 2.45) is 0 Å². The Labute approximate surface area is 82.2 Å². The number of unbranched alkanes of at least 4 members (excludes halogenated alkanes) is 4. The van der Waals surface area contributed by atoms with Gasteiger partial charge in [0.05, 0.1) is 12.7 Å². The molecule has 0 aromatic carbocycles. The lowest BCUT2D eigenvalue weighted by molar-refractivity contribution is 0.0597. The molecule has 13 heavy (non-hydrogen) atoms. The summed E-state index contributed by atoms with van der Waals surface area (Å²) in [7, 11) is 0. The Morgan fingerprint density at radius 2 is 2.00 bits per heavy atom. The Hall–Kier alpha value is -0.300. The third kappa shape index (κ3) is 5.09. The molecule has 0 aliphatic carbocycles. The Kier molecular flexibility index (Phi) is 5.92. The molecular weight excluding hydrogens is 160 g/mol. The van der Waals surface area contributed by atoms with Gasteiger partial charge in [0.2, 0.25) is 0 Å². The molecule has 1 rings (SSSR count). The molecule has 1 atom stereocenters. The normalized spacial score (nSPS) is 22.1. The van der Waals surface area contributed by atoms with Crippen molar-refractivity contribution in [3.05, 3.63) is 12.2 Å². The fourth-order valence-corrected chi connectivity index (χ4v) is 1.75. The fraction of sp³-hybridized carbons (Fsp3) is 0.833. The van der Waals surface area contributed by atoms with Gasteiger partial charge in [0.15, 0.2) is 0 Å². The van der Waals surface area contributed by atoms with Crippen LogP contribution >= 0.6 is 0 Å². The van der Waals surface area contributed by atoms with Crippen LogP contribution in [0.1, 0.15) is 51.9 Å². The van der Waals surface area contributed by atoms with Crippen molar-refractivity contribution in [1.82, 2.24) is 0 Å². The van der Waals surface area contributed by atoms with E-state index in [1.807, 2.05) is 0 Å². The predicted molar refractivity (Wildman–Crippen MR) is 56.9 cm³/mol. The van der Waals surface area contributed by atoms with Crippen LogP contribution in [0.3, 0.4) is 0 Å². The van der Waals surface area contributed by atoms with E-state index in [2.05, 4.69) is 19.1 Å². The van der Waals surface area contributed by atoms with E-state index in [1.54, 1.807) is 0 Å². The minimum absolute atomic E-state index is 0.520. The lowest BCUT2D eigenvalue weighted by Crippen LogP contribution is -2.15. The second-order valence-electron chi connectivity index (χ2n) is 3.87. The second kappa shape index (κ2) is 7.14. The largest absolute Gasteiger partial charge is 0.374 e. The smallest absolute Gasteiger partial charge is 0.0651 e. The first kappa shape index (κ1) is 10.8. The van der Waals surface area contributed by atoms with Crippen LogP contribution in [0, 0.1) is 0 Å². The van der Waals surface area contributed by atoms with Crippen molar-refractivity contribution in [2.45, 2.75) is 58.0 Å². The lowest BCUT2D eigenvalue weighted by Gasteiger charge is -2.18. The Balaban J connectivity index is 1.90. The fourth-order valence-electron chi connectivity index (χ4n) is 1.75. The van der Waals surface area contributed by atoms with Crippen molar-refractivity contribution >= 4 is 0 Å². The highest BCUT2D eigenvalue weighted by molar-refractivity contribution is 4.88. The maximum absolute atomic E-state index is 5.60. The highest BCUT2D eigenvalue weighted by atomic mass is 16.5. The van der Waals surface area contributed by atoms with Crippen molar-refractivity contribution in [3.8, 4) is 0 Å². The van der Waals surface area contributed by atoms with E-state index < -0.39 is 0 Å². The zero-order valence-corrected chi connectivity index (χ0v) is 8.80. The average Bonchev–Trinajstić information content (AvgIpc) is 2.19. The summed E-state index contributed by atoms with van der Waals surface area (Å²) in [4.78, 5) is 0. The summed E-state index contributed by atoms with van der Waals surface area (Å²) in [5, 5.41) is 0. The molecule has 1 heteroatoms. The first-order chi connectivity index (χ1) is 6.43. The van der Waals surface area contributed by atoms with Gasteiger partial charge in [-0.25, -0.2) is 0 Å². The highest BCUT2D eigenvalue weighted by Gasteiger charge is 2.08. The summed E-state index contributed by atoms with van der Waals surface area (Å²) >= 11 is 0. The highest BCUT2D eigenvalue weighted by Crippen LogP contribution is 2.14. The van der Waals surface area contributed by atoms with Crippen LogP contribution < -0.4 is 0 Å². The van der Waals surface area contributed by atoms with Gasteiger partial charge in [-0.05, 0) is 12.8 Å². The third-order valence-corrected chi connectivity index (χ3v) is 2.62.